The summed E-state index contributed by atoms with van der Waals surface area (Å²) in [5.74, 6) is 7.75. The van der Waals surface area contributed by atoms with E-state index in [9.17, 15) is 0 Å². The molecule has 2 rings (SSSR count). The first-order valence-corrected chi connectivity index (χ1v) is 6.80. The number of rotatable bonds is 5. The zero-order chi connectivity index (χ0) is 14.5. The lowest BCUT2D eigenvalue weighted by Crippen LogP contribution is -2.13. The molecule has 0 aliphatic carbocycles. The molecule has 0 radical (unpaired) electrons. The van der Waals surface area contributed by atoms with E-state index in [1.807, 2.05) is 19.1 Å². The number of aryl methyl sites for hydroxylation is 1. The third-order valence-electron chi connectivity index (χ3n) is 2.80. The molecular weight excluding hydrogens is 276 g/mol. The maximum atomic E-state index is 6.09. The number of aromatic nitrogens is 2. The van der Waals surface area contributed by atoms with Crippen LogP contribution in [-0.4, -0.2) is 9.97 Å². The van der Waals surface area contributed by atoms with Gasteiger partial charge in [-0.05, 0) is 25.5 Å². The molecule has 0 aliphatic heterocycles. The van der Waals surface area contributed by atoms with Crippen molar-refractivity contribution in [1.82, 2.24) is 9.97 Å². The smallest absolute Gasteiger partial charge is 0.227 e. The average Bonchev–Trinajstić information content (AvgIpc) is 2.45. The van der Waals surface area contributed by atoms with E-state index < -0.39 is 0 Å². The molecular formula is C14H17ClN4O. The van der Waals surface area contributed by atoms with Crippen LogP contribution in [0.2, 0.25) is 5.02 Å². The van der Waals surface area contributed by atoms with Crippen molar-refractivity contribution >= 4 is 17.4 Å². The minimum Gasteiger partial charge on any atom is -0.437 e. The monoisotopic (exact) mass is 292 g/mol. The number of nitrogens with two attached hydrogens (primary N) is 1. The predicted octanol–water partition coefficient (Wildman–Crippen LogP) is 3.47. The first-order chi connectivity index (χ1) is 9.65. The van der Waals surface area contributed by atoms with E-state index in [4.69, 9.17) is 22.2 Å². The summed E-state index contributed by atoms with van der Waals surface area (Å²) in [7, 11) is 0. The van der Waals surface area contributed by atoms with Gasteiger partial charge >= 0.3 is 0 Å². The van der Waals surface area contributed by atoms with Gasteiger partial charge in [0.1, 0.15) is 17.4 Å². The number of halogens is 1. The lowest BCUT2D eigenvalue weighted by Gasteiger charge is -2.13. The van der Waals surface area contributed by atoms with E-state index in [2.05, 4.69) is 22.3 Å². The van der Waals surface area contributed by atoms with Crippen LogP contribution in [0.25, 0.3) is 0 Å². The molecule has 0 spiro atoms. The highest BCUT2D eigenvalue weighted by Crippen LogP contribution is 2.31. The van der Waals surface area contributed by atoms with Gasteiger partial charge in [-0.3, -0.25) is 0 Å². The normalized spacial score (nSPS) is 10.4. The molecule has 2 aromatic rings. The van der Waals surface area contributed by atoms with Crippen LogP contribution in [0.4, 0.5) is 5.82 Å². The van der Waals surface area contributed by atoms with Crippen LogP contribution in [0.1, 0.15) is 24.7 Å². The molecule has 6 heteroatoms. The fraction of sp³-hybridized carbons (Fsp3) is 0.286. The number of nitrogens with one attached hydrogen (secondary N) is 1. The Hall–Kier alpha value is -1.85. The predicted molar refractivity (Wildman–Crippen MR) is 80.1 cm³/mol. The molecule has 0 unspecified atom stereocenters. The number of anilines is 1. The van der Waals surface area contributed by atoms with Gasteiger partial charge in [0.25, 0.3) is 0 Å². The van der Waals surface area contributed by atoms with Gasteiger partial charge in [0, 0.05) is 6.42 Å². The zero-order valence-corrected chi connectivity index (χ0v) is 12.2. The topological polar surface area (TPSA) is 73.1 Å². The summed E-state index contributed by atoms with van der Waals surface area (Å²) in [5, 5.41) is 0.532. The summed E-state index contributed by atoms with van der Waals surface area (Å²) < 4.78 is 5.79. The summed E-state index contributed by atoms with van der Waals surface area (Å²) in [6.07, 6.45) is 1.70. The zero-order valence-electron chi connectivity index (χ0n) is 11.5. The number of nitrogens with zero attached hydrogens (tertiary/aromatic N) is 2. The summed E-state index contributed by atoms with van der Waals surface area (Å²) in [6.45, 7) is 3.91. The third-order valence-corrected chi connectivity index (χ3v) is 3.11. The number of para-hydroxylation sites is 1. The van der Waals surface area contributed by atoms with Gasteiger partial charge in [0.15, 0.2) is 0 Å². The number of hydrogen-bond acceptors (Lipinski definition) is 5. The lowest BCUT2D eigenvalue weighted by molar-refractivity contribution is 0.454. The third kappa shape index (κ3) is 3.18. The first-order valence-electron chi connectivity index (χ1n) is 6.42. The fourth-order valence-corrected chi connectivity index (χ4v) is 1.92. The molecule has 0 bridgehead atoms. The van der Waals surface area contributed by atoms with Crippen molar-refractivity contribution in [3.63, 3.8) is 0 Å². The molecule has 3 N–H and O–H groups in total. The molecule has 0 atom stereocenters. The van der Waals surface area contributed by atoms with Crippen LogP contribution in [0.5, 0.6) is 11.6 Å². The van der Waals surface area contributed by atoms with Crippen molar-refractivity contribution < 1.29 is 4.74 Å². The van der Waals surface area contributed by atoms with Crippen LogP contribution in [0, 0.1) is 6.92 Å². The van der Waals surface area contributed by atoms with Crippen LogP contribution >= 0.6 is 11.6 Å². The number of ether oxygens (including phenoxy) is 1. The van der Waals surface area contributed by atoms with E-state index in [0.717, 1.165) is 18.4 Å². The van der Waals surface area contributed by atoms with E-state index in [1.54, 1.807) is 12.1 Å². The molecule has 1 heterocycles. The molecule has 0 aliphatic rings. The minimum atomic E-state index is 0.463. The van der Waals surface area contributed by atoms with E-state index >= 15 is 0 Å². The first kappa shape index (κ1) is 14.6. The molecule has 106 valence electrons. The Morgan fingerprint density at radius 1 is 1.30 bits per heavy atom. The Morgan fingerprint density at radius 3 is 2.70 bits per heavy atom. The van der Waals surface area contributed by atoms with E-state index in [0.29, 0.717) is 28.3 Å². The Balaban J connectivity index is 2.39. The molecule has 0 saturated carbocycles. The molecule has 0 saturated heterocycles. The van der Waals surface area contributed by atoms with Gasteiger partial charge < -0.3 is 10.2 Å². The SMILES string of the molecule is CCCc1nc(NN)c(C)c(Oc2ccccc2Cl)n1. The van der Waals surface area contributed by atoms with Crippen molar-refractivity contribution in [3.05, 3.63) is 40.7 Å². The standard InChI is InChI=1S/C14H17ClN4O/c1-3-6-12-17-13(19-16)9(2)14(18-12)20-11-8-5-4-7-10(11)15/h4-5,7-8H,3,6,16H2,1-2H3,(H,17,18,19). The Morgan fingerprint density at radius 2 is 2.05 bits per heavy atom. The summed E-state index contributed by atoms with van der Waals surface area (Å²) in [4.78, 5) is 8.76. The molecule has 1 aromatic heterocycles. The maximum Gasteiger partial charge on any atom is 0.227 e. The number of benzene rings is 1. The molecule has 0 fully saturated rings. The van der Waals surface area contributed by atoms with Gasteiger partial charge in [0.2, 0.25) is 5.88 Å². The number of nitrogen functional groups attached to an aromatic ring is 1. The van der Waals surface area contributed by atoms with Crippen molar-refractivity contribution in [1.29, 1.82) is 0 Å². The largest absolute Gasteiger partial charge is 0.437 e. The van der Waals surface area contributed by atoms with Gasteiger partial charge in [-0.25, -0.2) is 10.8 Å². The van der Waals surface area contributed by atoms with Crippen molar-refractivity contribution in [2.24, 2.45) is 5.84 Å². The molecule has 0 amide bonds. The van der Waals surface area contributed by atoms with E-state index in [1.165, 1.54) is 0 Å². The number of hydrazine groups is 1. The van der Waals surface area contributed by atoms with Gasteiger partial charge in [-0.1, -0.05) is 30.7 Å². The Bertz CT molecular complexity index is 604. The van der Waals surface area contributed by atoms with Crippen LogP contribution < -0.4 is 16.0 Å². The van der Waals surface area contributed by atoms with Gasteiger partial charge in [-0.15, -0.1) is 0 Å². The highest BCUT2D eigenvalue weighted by atomic mass is 35.5. The number of hydrogen-bond donors (Lipinski definition) is 2. The van der Waals surface area contributed by atoms with E-state index in [-0.39, 0.29) is 0 Å². The quantitative estimate of drug-likeness (QED) is 0.652. The van der Waals surface area contributed by atoms with Gasteiger partial charge in [-0.2, -0.15) is 4.98 Å². The maximum absolute atomic E-state index is 6.09. The summed E-state index contributed by atoms with van der Waals surface area (Å²) >= 11 is 6.09. The second kappa shape index (κ2) is 6.54. The van der Waals surface area contributed by atoms with Crippen LogP contribution in [0.15, 0.2) is 24.3 Å². The Kier molecular flexibility index (Phi) is 4.76. The van der Waals surface area contributed by atoms with Crippen LogP contribution in [-0.2, 0) is 6.42 Å². The van der Waals surface area contributed by atoms with Crippen molar-refractivity contribution in [2.75, 3.05) is 5.43 Å². The van der Waals surface area contributed by atoms with Crippen LogP contribution in [0.3, 0.4) is 0 Å². The summed E-state index contributed by atoms with van der Waals surface area (Å²) in [5.41, 5.74) is 3.31. The second-order valence-electron chi connectivity index (χ2n) is 4.35. The molecule has 5 nitrogen and oxygen atoms in total. The van der Waals surface area contributed by atoms with Gasteiger partial charge in [0.05, 0.1) is 10.6 Å². The average molecular weight is 293 g/mol. The van der Waals surface area contributed by atoms with Crippen molar-refractivity contribution in [2.45, 2.75) is 26.7 Å². The minimum absolute atomic E-state index is 0.463. The Labute approximate surface area is 123 Å². The molecule has 20 heavy (non-hydrogen) atoms. The fourth-order valence-electron chi connectivity index (χ4n) is 1.75. The highest BCUT2D eigenvalue weighted by molar-refractivity contribution is 6.32. The van der Waals surface area contributed by atoms with Crippen molar-refractivity contribution in [3.8, 4) is 11.6 Å². The highest BCUT2D eigenvalue weighted by Gasteiger charge is 2.13. The second-order valence-corrected chi connectivity index (χ2v) is 4.75. The summed E-state index contributed by atoms with van der Waals surface area (Å²) in [6, 6.07) is 7.26. The molecule has 1 aromatic carbocycles. The lowest BCUT2D eigenvalue weighted by atomic mass is 10.3.